The minimum absolute atomic E-state index is 0.898. The van der Waals surface area contributed by atoms with Gasteiger partial charge in [-0.2, -0.15) is 0 Å². The third-order valence-electron chi connectivity index (χ3n) is 12.0. The van der Waals surface area contributed by atoms with Gasteiger partial charge in [-0.25, -0.2) is 0 Å². The molecule has 286 valence electrons. The molecule has 2 nitrogen and oxygen atoms in total. The summed E-state index contributed by atoms with van der Waals surface area (Å²) in [6.07, 6.45) is 0. The summed E-state index contributed by atoms with van der Waals surface area (Å²) in [5.74, 6) is 0. The first-order valence-corrected chi connectivity index (χ1v) is 21.5. The van der Waals surface area contributed by atoms with Crippen LogP contribution >= 0.6 is 11.3 Å². The van der Waals surface area contributed by atoms with Crippen LogP contribution in [-0.4, -0.2) is 0 Å². The lowest BCUT2D eigenvalue weighted by atomic mass is 9.97. The quantitative estimate of drug-likeness (QED) is 0.160. The average molecular weight is 796 g/mol. The van der Waals surface area contributed by atoms with E-state index in [0.29, 0.717) is 0 Å². The van der Waals surface area contributed by atoms with Crippen molar-refractivity contribution >= 4 is 81.3 Å². The zero-order chi connectivity index (χ0) is 40.3. The van der Waals surface area contributed by atoms with Crippen molar-refractivity contribution in [2.45, 2.75) is 0 Å². The van der Waals surface area contributed by atoms with E-state index in [4.69, 9.17) is 4.42 Å². The highest BCUT2D eigenvalue weighted by molar-refractivity contribution is 7.26. The number of nitrogens with zero attached hydrogens (tertiary/aromatic N) is 1. The number of hydrogen-bond acceptors (Lipinski definition) is 3. The maximum absolute atomic E-state index is 6.20. The molecular formula is C58H37NOS. The van der Waals surface area contributed by atoms with Crippen LogP contribution in [0.2, 0.25) is 0 Å². The molecule has 12 rings (SSSR count). The SMILES string of the molecule is c1cc(-c2cccc(N(c3cccc(-c4ccc5ccccc5c4)c3)c3cccc(-c4ccc5oc6ccccc6c5c4)c3)c2)cc(-c2cccc3c2sc2ccccc23)c1. The predicted octanol–water partition coefficient (Wildman–Crippen LogP) is 17.2. The standard InChI is InChI=1S/C58H37NOS/c1-2-13-39-32-44(29-28-38(39)12-1)42-16-9-20-48(35-42)59(49-21-10-17-43(36-49)45-30-31-56-54(37-45)51-22-3-5-26-55(51)60-56)47-19-8-15-41(34-47)40-14-7-18-46(33-40)50-24-11-25-53-52-23-4-6-27-57(52)61-58(50)53/h1-37H. The fraction of sp³-hybridized carbons (Fsp3) is 0. The van der Waals surface area contributed by atoms with Crippen LogP contribution in [0.15, 0.2) is 229 Å². The summed E-state index contributed by atoms with van der Waals surface area (Å²) in [5, 5.41) is 7.35. The number of thiophene rings is 1. The Morgan fingerprint density at radius 1 is 0.311 bits per heavy atom. The Morgan fingerprint density at radius 3 is 1.59 bits per heavy atom. The van der Waals surface area contributed by atoms with Crippen LogP contribution in [0.3, 0.4) is 0 Å². The molecule has 0 aliphatic rings. The molecule has 0 bridgehead atoms. The minimum Gasteiger partial charge on any atom is -0.456 e. The van der Waals surface area contributed by atoms with Crippen LogP contribution in [-0.2, 0) is 0 Å². The van der Waals surface area contributed by atoms with Crippen LogP contribution in [0.4, 0.5) is 17.1 Å². The van der Waals surface area contributed by atoms with Crippen LogP contribution in [0.1, 0.15) is 0 Å². The number of para-hydroxylation sites is 1. The lowest BCUT2D eigenvalue weighted by Gasteiger charge is -2.27. The van der Waals surface area contributed by atoms with Crippen LogP contribution in [0, 0.1) is 0 Å². The molecule has 0 saturated carbocycles. The van der Waals surface area contributed by atoms with E-state index < -0.39 is 0 Å². The molecule has 0 aliphatic heterocycles. The summed E-state index contributed by atoms with van der Waals surface area (Å²) < 4.78 is 8.84. The summed E-state index contributed by atoms with van der Waals surface area (Å²) in [7, 11) is 0. The maximum Gasteiger partial charge on any atom is 0.135 e. The van der Waals surface area contributed by atoms with E-state index in [1.165, 1.54) is 58.8 Å². The van der Waals surface area contributed by atoms with Crippen molar-refractivity contribution in [2.24, 2.45) is 0 Å². The highest BCUT2D eigenvalue weighted by Gasteiger charge is 2.17. The fourth-order valence-corrected chi connectivity index (χ4v) is 10.3. The normalized spacial score (nSPS) is 11.6. The first-order chi connectivity index (χ1) is 30.2. The first kappa shape index (κ1) is 35.2. The molecule has 3 heteroatoms. The monoisotopic (exact) mass is 795 g/mol. The number of anilines is 3. The van der Waals surface area contributed by atoms with Gasteiger partial charge in [0.15, 0.2) is 0 Å². The smallest absolute Gasteiger partial charge is 0.135 e. The molecule has 0 saturated heterocycles. The molecule has 0 aliphatic carbocycles. The van der Waals surface area contributed by atoms with E-state index in [-0.39, 0.29) is 0 Å². The second kappa shape index (κ2) is 14.5. The zero-order valence-electron chi connectivity index (χ0n) is 33.1. The maximum atomic E-state index is 6.20. The predicted molar refractivity (Wildman–Crippen MR) is 261 cm³/mol. The molecule has 61 heavy (non-hydrogen) atoms. The van der Waals surface area contributed by atoms with Gasteiger partial charge in [0.1, 0.15) is 11.2 Å². The first-order valence-electron chi connectivity index (χ1n) is 20.7. The Kier molecular flexibility index (Phi) is 8.39. The molecule has 2 heterocycles. The van der Waals surface area contributed by atoms with Gasteiger partial charge in [0, 0.05) is 48.0 Å². The number of hydrogen-bond donors (Lipinski definition) is 0. The number of benzene rings is 10. The van der Waals surface area contributed by atoms with E-state index in [1.54, 1.807) is 0 Å². The average Bonchev–Trinajstić information content (AvgIpc) is 3.90. The molecule has 0 amide bonds. The van der Waals surface area contributed by atoms with Crippen molar-refractivity contribution in [3.05, 3.63) is 224 Å². The van der Waals surface area contributed by atoms with Crippen LogP contribution in [0.5, 0.6) is 0 Å². The molecule has 0 N–H and O–H groups in total. The summed E-state index contributed by atoms with van der Waals surface area (Å²) in [4.78, 5) is 2.39. The number of furan rings is 1. The Labute approximate surface area is 357 Å². The highest BCUT2D eigenvalue weighted by Crippen LogP contribution is 2.43. The second-order valence-electron chi connectivity index (χ2n) is 15.7. The van der Waals surface area contributed by atoms with Gasteiger partial charge in [-0.15, -0.1) is 11.3 Å². The van der Waals surface area contributed by atoms with Crippen LogP contribution in [0.25, 0.3) is 97.4 Å². The van der Waals surface area contributed by atoms with Gasteiger partial charge in [-0.3, -0.25) is 0 Å². The van der Waals surface area contributed by atoms with Gasteiger partial charge < -0.3 is 9.32 Å². The van der Waals surface area contributed by atoms with Crippen molar-refractivity contribution < 1.29 is 4.42 Å². The van der Waals surface area contributed by atoms with Crippen molar-refractivity contribution in [3.8, 4) is 44.5 Å². The Balaban J connectivity index is 0.985. The van der Waals surface area contributed by atoms with Gasteiger partial charge in [0.25, 0.3) is 0 Å². The van der Waals surface area contributed by atoms with Gasteiger partial charge in [0.05, 0.1) is 0 Å². The molecule has 0 spiro atoms. The minimum atomic E-state index is 0.898. The molecule has 0 unspecified atom stereocenters. The zero-order valence-corrected chi connectivity index (χ0v) is 33.9. The summed E-state index contributed by atoms with van der Waals surface area (Å²) in [5.41, 5.74) is 14.5. The molecule has 0 atom stereocenters. The number of fused-ring (bicyclic) bond motifs is 7. The van der Waals surface area contributed by atoms with Crippen molar-refractivity contribution in [3.63, 3.8) is 0 Å². The molecule has 2 aromatic heterocycles. The largest absolute Gasteiger partial charge is 0.456 e. The molecule has 10 aromatic carbocycles. The van der Waals surface area contributed by atoms with E-state index >= 15 is 0 Å². The van der Waals surface area contributed by atoms with Gasteiger partial charge in [0.2, 0.25) is 0 Å². The van der Waals surface area contributed by atoms with E-state index in [9.17, 15) is 0 Å². The lowest BCUT2D eigenvalue weighted by Crippen LogP contribution is -2.10. The summed E-state index contributed by atoms with van der Waals surface area (Å²) in [6, 6.07) is 81.4. The fourth-order valence-electron chi connectivity index (χ4n) is 9.04. The Morgan fingerprint density at radius 2 is 0.836 bits per heavy atom. The van der Waals surface area contributed by atoms with Gasteiger partial charge in [-0.05, 0) is 128 Å². The second-order valence-corrected chi connectivity index (χ2v) is 16.8. The van der Waals surface area contributed by atoms with Gasteiger partial charge in [-0.1, -0.05) is 152 Å². The Bertz CT molecular complexity index is 3630. The summed E-state index contributed by atoms with van der Waals surface area (Å²) in [6.45, 7) is 0. The molecule has 0 fully saturated rings. The van der Waals surface area contributed by atoms with E-state index in [1.807, 2.05) is 23.5 Å². The lowest BCUT2D eigenvalue weighted by molar-refractivity contribution is 0.669. The van der Waals surface area contributed by atoms with Crippen molar-refractivity contribution in [1.82, 2.24) is 0 Å². The van der Waals surface area contributed by atoms with E-state index in [0.717, 1.165) is 55.7 Å². The van der Waals surface area contributed by atoms with Crippen molar-refractivity contribution in [1.29, 1.82) is 0 Å². The van der Waals surface area contributed by atoms with Gasteiger partial charge >= 0.3 is 0 Å². The third kappa shape index (κ3) is 6.26. The molecular weight excluding hydrogens is 759 g/mol. The topological polar surface area (TPSA) is 16.4 Å². The number of rotatable bonds is 7. The molecule has 12 aromatic rings. The summed E-state index contributed by atoms with van der Waals surface area (Å²) >= 11 is 1.88. The third-order valence-corrected chi connectivity index (χ3v) is 13.2. The van der Waals surface area contributed by atoms with Crippen molar-refractivity contribution in [2.75, 3.05) is 4.90 Å². The Hall–Kier alpha value is -7.72. The molecule has 0 radical (unpaired) electrons. The van der Waals surface area contributed by atoms with Crippen LogP contribution < -0.4 is 4.90 Å². The van der Waals surface area contributed by atoms with E-state index in [2.05, 4.69) is 217 Å². The highest BCUT2D eigenvalue weighted by atomic mass is 32.1.